The monoisotopic (exact) mass is 187 g/mol. The number of hydrogen-bond acceptors (Lipinski definition) is 2. The van der Waals surface area contributed by atoms with Crippen LogP contribution in [0.3, 0.4) is 0 Å². The SMILES string of the molecule is COCC(C)(CN(C)C)C(C)(C)C. The molecule has 0 bridgehead atoms. The summed E-state index contributed by atoms with van der Waals surface area (Å²) >= 11 is 0. The molecule has 0 spiro atoms. The van der Waals surface area contributed by atoms with Crippen LogP contribution in [0.1, 0.15) is 27.7 Å². The summed E-state index contributed by atoms with van der Waals surface area (Å²) in [5.74, 6) is 0. The predicted molar refractivity (Wildman–Crippen MR) is 58.0 cm³/mol. The van der Waals surface area contributed by atoms with Crippen molar-refractivity contribution in [1.29, 1.82) is 0 Å². The molecule has 0 saturated heterocycles. The van der Waals surface area contributed by atoms with Gasteiger partial charge in [0.05, 0.1) is 6.61 Å². The Morgan fingerprint density at radius 1 is 1.08 bits per heavy atom. The zero-order valence-corrected chi connectivity index (χ0v) is 10.3. The van der Waals surface area contributed by atoms with Crippen LogP contribution in [0.2, 0.25) is 0 Å². The number of nitrogens with zero attached hydrogens (tertiary/aromatic N) is 1. The number of rotatable bonds is 4. The van der Waals surface area contributed by atoms with Gasteiger partial charge in [-0.25, -0.2) is 0 Å². The van der Waals surface area contributed by atoms with Crippen LogP contribution in [0.4, 0.5) is 0 Å². The molecule has 0 heterocycles. The largest absolute Gasteiger partial charge is 0.384 e. The number of hydrogen-bond donors (Lipinski definition) is 0. The van der Waals surface area contributed by atoms with Crippen LogP contribution in [0.25, 0.3) is 0 Å². The van der Waals surface area contributed by atoms with Crippen molar-refractivity contribution in [2.45, 2.75) is 27.7 Å². The van der Waals surface area contributed by atoms with E-state index in [1.165, 1.54) is 0 Å². The van der Waals surface area contributed by atoms with E-state index in [1.807, 2.05) is 0 Å². The summed E-state index contributed by atoms with van der Waals surface area (Å²) in [6.45, 7) is 11.0. The highest BCUT2D eigenvalue weighted by molar-refractivity contribution is 4.88. The molecule has 2 heteroatoms. The third-order valence-corrected chi connectivity index (χ3v) is 2.94. The third kappa shape index (κ3) is 3.65. The van der Waals surface area contributed by atoms with Crippen molar-refractivity contribution in [3.05, 3.63) is 0 Å². The highest BCUT2D eigenvalue weighted by atomic mass is 16.5. The standard InChI is InChI=1S/C11H25NO/c1-10(2,3)11(4,9-13-7)8-12(5)6/h8-9H2,1-7H3. The van der Waals surface area contributed by atoms with E-state index in [9.17, 15) is 0 Å². The Kier molecular flexibility index (Phi) is 4.40. The Bertz CT molecular complexity index is 149. The van der Waals surface area contributed by atoms with E-state index in [0.717, 1.165) is 13.2 Å². The molecule has 0 aliphatic heterocycles. The molecule has 0 amide bonds. The van der Waals surface area contributed by atoms with Gasteiger partial charge in [-0.3, -0.25) is 0 Å². The van der Waals surface area contributed by atoms with Gasteiger partial charge in [-0.05, 0) is 19.5 Å². The van der Waals surface area contributed by atoms with Gasteiger partial charge in [0, 0.05) is 19.1 Å². The molecule has 0 aliphatic rings. The first-order chi connectivity index (χ1) is 5.73. The second-order valence-corrected chi connectivity index (χ2v) is 5.48. The Hall–Kier alpha value is -0.0800. The molecule has 2 nitrogen and oxygen atoms in total. The topological polar surface area (TPSA) is 12.5 Å². The van der Waals surface area contributed by atoms with Crippen molar-refractivity contribution in [2.24, 2.45) is 10.8 Å². The predicted octanol–water partition coefficient (Wildman–Crippen LogP) is 2.25. The molecule has 0 fully saturated rings. The minimum Gasteiger partial charge on any atom is -0.384 e. The maximum absolute atomic E-state index is 5.31. The van der Waals surface area contributed by atoms with E-state index in [4.69, 9.17) is 4.74 Å². The minimum atomic E-state index is 0.214. The smallest absolute Gasteiger partial charge is 0.0533 e. The fourth-order valence-electron chi connectivity index (χ4n) is 1.52. The lowest BCUT2D eigenvalue weighted by atomic mass is 9.68. The van der Waals surface area contributed by atoms with Gasteiger partial charge in [0.2, 0.25) is 0 Å². The molecule has 0 aromatic carbocycles. The molecular weight excluding hydrogens is 162 g/mol. The molecule has 1 unspecified atom stereocenters. The first-order valence-electron chi connectivity index (χ1n) is 4.86. The molecule has 0 aliphatic carbocycles. The van der Waals surface area contributed by atoms with Crippen molar-refractivity contribution in [1.82, 2.24) is 4.90 Å². The number of methoxy groups -OCH3 is 1. The Morgan fingerprint density at radius 2 is 1.54 bits per heavy atom. The first-order valence-corrected chi connectivity index (χ1v) is 4.86. The molecule has 1 atom stereocenters. The lowest BCUT2D eigenvalue weighted by Gasteiger charge is -2.43. The highest BCUT2D eigenvalue weighted by Crippen LogP contribution is 2.38. The van der Waals surface area contributed by atoms with E-state index in [2.05, 4.69) is 46.7 Å². The lowest BCUT2D eigenvalue weighted by Crippen LogP contribution is -2.44. The molecule has 0 radical (unpaired) electrons. The van der Waals surface area contributed by atoms with E-state index in [-0.39, 0.29) is 10.8 Å². The van der Waals surface area contributed by atoms with Gasteiger partial charge in [-0.2, -0.15) is 0 Å². The molecule has 0 saturated carbocycles. The molecule has 0 rings (SSSR count). The van der Waals surface area contributed by atoms with Crippen molar-refractivity contribution in [3.8, 4) is 0 Å². The van der Waals surface area contributed by atoms with Crippen LogP contribution in [-0.2, 0) is 4.74 Å². The minimum absolute atomic E-state index is 0.214. The van der Waals surface area contributed by atoms with Crippen LogP contribution in [0, 0.1) is 10.8 Å². The summed E-state index contributed by atoms with van der Waals surface area (Å²) in [6.07, 6.45) is 0. The molecule has 0 aromatic heterocycles. The van der Waals surface area contributed by atoms with Crippen molar-refractivity contribution in [2.75, 3.05) is 34.4 Å². The van der Waals surface area contributed by atoms with Crippen LogP contribution >= 0.6 is 0 Å². The number of ether oxygens (including phenoxy) is 1. The van der Waals surface area contributed by atoms with E-state index in [0.29, 0.717) is 0 Å². The first kappa shape index (κ1) is 12.9. The van der Waals surface area contributed by atoms with Crippen molar-refractivity contribution < 1.29 is 4.74 Å². The fourth-order valence-corrected chi connectivity index (χ4v) is 1.52. The van der Waals surface area contributed by atoms with Gasteiger partial charge in [0.25, 0.3) is 0 Å². The maximum Gasteiger partial charge on any atom is 0.0533 e. The van der Waals surface area contributed by atoms with Crippen LogP contribution in [0.15, 0.2) is 0 Å². The Morgan fingerprint density at radius 3 is 1.77 bits per heavy atom. The summed E-state index contributed by atoms with van der Waals surface area (Å²) in [5.41, 5.74) is 0.485. The highest BCUT2D eigenvalue weighted by Gasteiger charge is 2.37. The van der Waals surface area contributed by atoms with E-state index in [1.54, 1.807) is 7.11 Å². The average molecular weight is 187 g/mol. The van der Waals surface area contributed by atoms with Crippen LogP contribution < -0.4 is 0 Å². The second-order valence-electron chi connectivity index (χ2n) is 5.48. The molecule has 0 N–H and O–H groups in total. The van der Waals surface area contributed by atoms with Gasteiger partial charge in [-0.15, -0.1) is 0 Å². The van der Waals surface area contributed by atoms with Gasteiger partial charge in [-0.1, -0.05) is 27.7 Å². The van der Waals surface area contributed by atoms with Gasteiger partial charge in [0.15, 0.2) is 0 Å². The second kappa shape index (κ2) is 4.43. The normalized spacial score (nSPS) is 17.5. The summed E-state index contributed by atoms with van der Waals surface area (Å²) in [7, 11) is 6.00. The molecule has 0 aromatic rings. The Labute approximate surface area is 83.3 Å². The third-order valence-electron chi connectivity index (χ3n) is 2.94. The zero-order chi connectivity index (χ0) is 10.7. The maximum atomic E-state index is 5.31. The molecular formula is C11H25NO. The summed E-state index contributed by atoms with van der Waals surface area (Å²) in [5, 5.41) is 0. The zero-order valence-electron chi connectivity index (χ0n) is 10.3. The molecule has 80 valence electrons. The van der Waals surface area contributed by atoms with E-state index < -0.39 is 0 Å². The fraction of sp³-hybridized carbons (Fsp3) is 1.00. The lowest BCUT2D eigenvalue weighted by molar-refractivity contribution is -0.00970. The quantitative estimate of drug-likeness (QED) is 0.669. The van der Waals surface area contributed by atoms with Crippen LogP contribution in [-0.4, -0.2) is 39.3 Å². The van der Waals surface area contributed by atoms with Gasteiger partial charge >= 0.3 is 0 Å². The Balaban J connectivity index is 4.53. The van der Waals surface area contributed by atoms with Gasteiger partial charge in [0.1, 0.15) is 0 Å². The summed E-state index contributed by atoms with van der Waals surface area (Å²) < 4.78 is 5.31. The summed E-state index contributed by atoms with van der Waals surface area (Å²) in [4.78, 5) is 2.23. The van der Waals surface area contributed by atoms with E-state index >= 15 is 0 Å². The average Bonchev–Trinajstić information content (AvgIpc) is 1.82. The van der Waals surface area contributed by atoms with Gasteiger partial charge < -0.3 is 9.64 Å². The molecule has 13 heavy (non-hydrogen) atoms. The van der Waals surface area contributed by atoms with Crippen molar-refractivity contribution in [3.63, 3.8) is 0 Å². The van der Waals surface area contributed by atoms with Crippen LogP contribution in [0.5, 0.6) is 0 Å². The summed E-state index contributed by atoms with van der Waals surface area (Å²) in [6, 6.07) is 0. The van der Waals surface area contributed by atoms with Crippen molar-refractivity contribution >= 4 is 0 Å².